The van der Waals surface area contributed by atoms with Crippen LogP contribution in [0.5, 0.6) is 0 Å². The van der Waals surface area contributed by atoms with Crippen molar-refractivity contribution in [3.8, 4) is 0 Å². The molecule has 0 saturated heterocycles. The third kappa shape index (κ3) is 1.56. The fraction of sp³-hybridized carbons (Fsp3) is 0.111. The first kappa shape index (κ1) is 9.32. The minimum absolute atomic E-state index is 0.0806. The van der Waals surface area contributed by atoms with Gasteiger partial charge in [0.05, 0.1) is 12.7 Å². The van der Waals surface area contributed by atoms with E-state index >= 15 is 0 Å². The molecular formula is C9H7N3O3. The van der Waals surface area contributed by atoms with Crippen LogP contribution in [0.25, 0.3) is 5.65 Å². The molecule has 0 amide bonds. The Morgan fingerprint density at radius 1 is 1.60 bits per heavy atom. The van der Waals surface area contributed by atoms with Gasteiger partial charge in [-0.05, 0) is 12.1 Å². The van der Waals surface area contributed by atoms with Crippen molar-refractivity contribution in [3.05, 3.63) is 29.7 Å². The molecule has 0 saturated carbocycles. The van der Waals surface area contributed by atoms with Gasteiger partial charge in [0, 0.05) is 6.20 Å². The van der Waals surface area contributed by atoms with Gasteiger partial charge in [0.1, 0.15) is 0 Å². The molecular weight excluding hydrogens is 198 g/mol. The second-order valence-corrected chi connectivity index (χ2v) is 2.80. The van der Waals surface area contributed by atoms with Gasteiger partial charge in [-0.3, -0.25) is 4.79 Å². The Kier molecular flexibility index (Phi) is 2.17. The Hall–Kier alpha value is -2.24. The maximum Gasteiger partial charge on any atom is 0.338 e. The molecule has 15 heavy (non-hydrogen) atoms. The first-order chi connectivity index (χ1) is 7.24. The van der Waals surface area contributed by atoms with Crippen LogP contribution in [-0.4, -0.2) is 34.0 Å². The van der Waals surface area contributed by atoms with Crippen molar-refractivity contribution in [1.82, 2.24) is 14.6 Å². The lowest BCUT2D eigenvalue weighted by Gasteiger charge is -1.97. The molecule has 0 unspecified atom stereocenters. The highest BCUT2D eigenvalue weighted by Gasteiger charge is 2.08. The summed E-state index contributed by atoms with van der Waals surface area (Å²) >= 11 is 0. The van der Waals surface area contributed by atoms with Crippen molar-refractivity contribution in [1.29, 1.82) is 0 Å². The van der Waals surface area contributed by atoms with E-state index < -0.39 is 5.97 Å². The number of carbonyl (C=O) groups is 2. The predicted molar refractivity (Wildman–Crippen MR) is 49.7 cm³/mol. The Labute approximate surface area is 84.5 Å². The van der Waals surface area contributed by atoms with Gasteiger partial charge in [0.15, 0.2) is 11.9 Å². The molecule has 6 nitrogen and oxygen atoms in total. The predicted octanol–water partition coefficient (Wildman–Crippen LogP) is 0.328. The van der Waals surface area contributed by atoms with E-state index in [1.54, 1.807) is 12.3 Å². The number of esters is 1. The number of nitrogens with zero attached hydrogens (tertiary/aromatic N) is 3. The van der Waals surface area contributed by atoms with Crippen molar-refractivity contribution < 1.29 is 14.3 Å². The second-order valence-electron chi connectivity index (χ2n) is 2.80. The lowest BCUT2D eigenvalue weighted by molar-refractivity contribution is 0.0600. The summed E-state index contributed by atoms with van der Waals surface area (Å²) < 4.78 is 5.97. The number of fused-ring (bicyclic) bond motifs is 1. The number of carbonyl (C=O) groups excluding carboxylic acids is 2. The zero-order valence-electron chi connectivity index (χ0n) is 7.88. The van der Waals surface area contributed by atoms with Crippen LogP contribution < -0.4 is 0 Å². The van der Waals surface area contributed by atoms with Gasteiger partial charge in [-0.1, -0.05) is 0 Å². The smallest absolute Gasteiger partial charge is 0.338 e. The van der Waals surface area contributed by atoms with E-state index in [2.05, 4.69) is 14.8 Å². The van der Waals surface area contributed by atoms with Crippen LogP contribution in [0.1, 0.15) is 21.0 Å². The van der Waals surface area contributed by atoms with Crippen LogP contribution in [0.3, 0.4) is 0 Å². The average Bonchev–Trinajstić information content (AvgIpc) is 2.69. The standard InChI is InChI=1S/C9H7N3O3/c1-15-9(14)6-2-3-12-8(4-6)10-7(5-13)11-12/h2-5H,1H3. The number of aldehydes is 1. The van der Waals surface area contributed by atoms with Crippen molar-refractivity contribution in [2.24, 2.45) is 0 Å². The lowest BCUT2D eigenvalue weighted by atomic mass is 10.3. The van der Waals surface area contributed by atoms with Crippen LogP contribution in [-0.2, 0) is 4.74 Å². The third-order valence-corrected chi connectivity index (χ3v) is 1.88. The largest absolute Gasteiger partial charge is 0.465 e. The van der Waals surface area contributed by atoms with Crippen LogP contribution in [0.15, 0.2) is 18.3 Å². The number of methoxy groups -OCH3 is 1. The summed E-state index contributed by atoms with van der Waals surface area (Å²) in [6.45, 7) is 0. The van der Waals surface area contributed by atoms with Crippen LogP contribution in [0, 0.1) is 0 Å². The summed E-state index contributed by atoms with van der Waals surface area (Å²) in [7, 11) is 1.30. The summed E-state index contributed by atoms with van der Waals surface area (Å²) in [5.41, 5.74) is 0.801. The molecule has 2 rings (SSSR count). The van der Waals surface area contributed by atoms with Gasteiger partial charge >= 0.3 is 5.97 Å². The van der Waals surface area contributed by atoms with E-state index in [1.807, 2.05) is 0 Å². The SMILES string of the molecule is COC(=O)c1ccn2nc(C=O)nc2c1. The molecule has 0 N–H and O–H groups in total. The minimum atomic E-state index is -0.451. The summed E-state index contributed by atoms with van der Waals surface area (Å²) in [6.07, 6.45) is 2.09. The molecule has 0 aliphatic rings. The zero-order valence-corrected chi connectivity index (χ0v) is 7.88. The highest BCUT2D eigenvalue weighted by atomic mass is 16.5. The number of ether oxygens (including phenoxy) is 1. The maximum atomic E-state index is 11.2. The molecule has 2 heterocycles. The Morgan fingerprint density at radius 2 is 2.40 bits per heavy atom. The quantitative estimate of drug-likeness (QED) is 0.521. The van der Waals surface area contributed by atoms with E-state index in [1.165, 1.54) is 17.7 Å². The van der Waals surface area contributed by atoms with E-state index in [-0.39, 0.29) is 5.82 Å². The van der Waals surface area contributed by atoms with Gasteiger partial charge in [-0.25, -0.2) is 14.3 Å². The normalized spacial score (nSPS) is 10.2. The Morgan fingerprint density at radius 3 is 3.07 bits per heavy atom. The van der Waals surface area contributed by atoms with Gasteiger partial charge in [-0.2, -0.15) is 0 Å². The van der Waals surface area contributed by atoms with E-state index in [0.29, 0.717) is 17.5 Å². The molecule has 0 atom stereocenters. The summed E-state index contributed by atoms with van der Waals surface area (Å²) in [5, 5.41) is 3.84. The number of rotatable bonds is 2. The van der Waals surface area contributed by atoms with E-state index in [4.69, 9.17) is 0 Å². The van der Waals surface area contributed by atoms with Gasteiger partial charge < -0.3 is 4.74 Å². The molecule has 2 aromatic heterocycles. The van der Waals surface area contributed by atoms with Crippen molar-refractivity contribution in [2.75, 3.05) is 7.11 Å². The van der Waals surface area contributed by atoms with Crippen LogP contribution >= 0.6 is 0 Å². The summed E-state index contributed by atoms with van der Waals surface area (Å²) in [6, 6.07) is 3.05. The van der Waals surface area contributed by atoms with Crippen molar-refractivity contribution in [2.45, 2.75) is 0 Å². The lowest BCUT2D eigenvalue weighted by Crippen LogP contribution is -2.02. The van der Waals surface area contributed by atoms with Gasteiger partial charge in [0.25, 0.3) is 0 Å². The number of hydrogen-bond donors (Lipinski definition) is 0. The molecule has 6 heteroatoms. The monoisotopic (exact) mass is 205 g/mol. The summed E-state index contributed by atoms with van der Waals surface area (Å²) in [5.74, 6) is -0.370. The number of hydrogen-bond acceptors (Lipinski definition) is 5. The highest BCUT2D eigenvalue weighted by Crippen LogP contribution is 2.06. The fourth-order valence-electron chi connectivity index (χ4n) is 1.19. The molecule has 0 aliphatic heterocycles. The van der Waals surface area contributed by atoms with Crippen molar-refractivity contribution in [3.63, 3.8) is 0 Å². The molecule has 0 aromatic carbocycles. The zero-order chi connectivity index (χ0) is 10.8. The molecule has 0 bridgehead atoms. The van der Waals surface area contributed by atoms with Crippen molar-refractivity contribution >= 4 is 17.9 Å². The first-order valence-corrected chi connectivity index (χ1v) is 4.14. The average molecular weight is 205 g/mol. The minimum Gasteiger partial charge on any atom is -0.465 e. The second kappa shape index (κ2) is 3.49. The fourth-order valence-corrected chi connectivity index (χ4v) is 1.19. The molecule has 0 radical (unpaired) electrons. The number of aromatic nitrogens is 3. The molecule has 76 valence electrons. The van der Waals surface area contributed by atoms with E-state index in [0.717, 1.165) is 0 Å². The molecule has 0 aliphatic carbocycles. The van der Waals surface area contributed by atoms with Gasteiger partial charge in [0.2, 0.25) is 5.82 Å². The number of pyridine rings is 1. The molecule has 0 fully saturated rings. The Bertz CT molecular complexity index is 532. The molecule has 0 spiro atoms. The first-order valence-electron chi connectivity index (χ1n) is 4.14. The highest BCUT2D eigenvalue weighted by molar-refractivity contribution is 5.90. The molecule has 2 aromatic rings. The third-order valence-electron chi connectivity index (χ3n) is 1.88. The maximum absolute atomic E-state index is 11.2. The van der Waals surface area contributed by atoms with E-state index in [9.17, 15) is 9.59 Å². The topological polar surface area (TPSA) is 73.6 Å². The Balaban J connectivity index is 2.55. The van der Waals surface area contributed by atoms with Gasteiger partial charge in [-0.15, -0.1) is 5.10 Å². The summed E-state index contributed by atoms with van der Waals surface area (Å²) in [4.78, 5) is 25.5. The van der Waals surface area contributed by atoms with Crippen LogP contribution in [0.4, 0.5) is 0 Å². The van der Waals surface area contributed by atoms with Crippen LogP contribution in [0.2, 0.25) is 0 Å².